The second kappa shape index (κ2) is 5.76. The second-order valence-corrected chi connectivity index (χ2v) is 5.00. The summed E-state index contributed by atoms with van der Waals surface area (Å²) in [6.07, 6.45) is -0.465. The van der Waals surface area contributed by atoms with Gasteiger partial charge in [-0.1, -0.05) is 18.2 Å². The lowest BCUT2D eigenvalue weighted by molar-refractivity contribution is -0.168. The molecule has 2 rings (SSSR count). The molecular formula is C15H17NO6. The number of esters is 2. The number of benzene rings is 1. The number of nitrogens with zero attached hydrogens (tertiary/aromatic N) is 1. The van der Waals surface area contributed by atoms with E-state index >= 15 is 0 Å². The van der Waals surface area contributed by atoms with Crippen molar-refractivity contribution in [3.8, 4) is 0 Å². The maximum absolute atomic E-state index is 12.5. The zero-order valence-electron chi connectivity index (χ0n) is 12.5. The van der Waals surface area contributed by atoms with Crippen molar-refractivity contribution in [2.75, 3.05) is 26.2 Å². The van der Waals surface area contributed by atoms with Crippen molar-refractivity contribution in [2.45, 2.75) is 12.0 Å². The summed E-state index contributed by atoms with van der Waals surface area (Å²) in [7, 11) is 3.79. The number of rotatable bonds is 4. The molecule has 7 nitrogen and oxygen atoms in total. The Hall–Kier alpha value is -2.41. The van der Waals surface area contributed by atoms with Crippen LogP contribution in [-0.2, 0) is 29.5 Å². The Labute approximate surface area is 127 Å². The molecule has 0 bridgehead atoms. The first kappa shape index (κ1) is 16.0. The van der Waals surface area contributed by atoms with Gasteiger partial charge in [-0.2, -0.15) is 0 Å². The van der Waals surface area contributed by atoms with Gasteiger partial charge in [0.25, 0.3) is 5.91 Å². The second-order valence-electron chi connectivity index (χ2n) is 5.00. The fourth-order valence-corrected chi connectivity index (χ4v) is 2.70. The molecule has 0 radical (unpaired) electrons. The predicted octanol–water partition coefficient (Wildman–Crippen LogP) is 0.203. The molecule has 0 saturated heterocycles. The minimum atomic E-state index is -2.16. The first-order valence-electron chi connectivity index (χ1n) is 6.62. The summed E-state index contributed by atoms with van der Waals surface area (Å²) in [4.78, 5) is 37.4. The number of para-hydroxylation sites is 1. The summed E-state index contributed by atoms with van der Waals surface area (Å²) in [5.74, 6) is -3.65. The number of ether oxygens (including phenoxy) is 2. The molecule has 0 aromatic heterocycles. The molecule has 118 valence electrons. The van der Waals surface area contributed by atoms with Crippen molar-refractivity contribution in [3.63, 3.8) is 0 Å². The minimum absolute atomic E-state index is 0.266. The maximum Gasteiger partial charge on any atom is 0.313 e. The molecular weight excluding hydrogens is 290 g/mol. The standard InChI is InChI=1S/C15H17NO6/c1-16-11-7-5-4-6-9(11)15(20,14(16)19)10(13(18)22-3)8-12(17)21-2/h4-7,10,20H,8H2,1-3H3. The third-order valence-corrected chi connectivity index (χ3v) is 3.90. The molecule has 0 fully saturated rings. The van der Waals surface area contributed by atoms with Crippen LogP contribution in [-0.4, -0.2) is 44.2 Å². The average Bonchev–Trinajstić information content (AvgIpc) is 2.74. The van der Waals surface area contributed by atoms with Crippen LogP contribution >= 0.6 is 0 Å². The van der Waals surface area contributed by atoms with E-state index < -0.39 is 35.8 Å². The molecule has 1 heterocycles. The lowest BCUT2D eigenvalue weighted by atomic mass is 9.80. The van der Waals surface area contributed by atoms with Crippen LogP contribution < -0.4 is 4.90 Å². The van der Waals surface area contributed by atoms with Crippen LogP contribution in [0.3, 0.4) is 0 Å². The summed E-state index contributed by atoms with van der Waals surface area (Å²) in [5.41, 5.74) is -1.41. The Morgan fingerprint density at radius 3 is 2.50 bits per heavy atom. The van der Waals surface area contributed by atoms with Crippen molar-refractivity contribution in [2.24, 2.45) is 5.92 Å². The van der Waals surface area contributed by atoms with E-state index in [9.17, 15) is 19.5 Å². The summed E-state index contributed by atoms with van der Waals surface area (Å²) in [6.45, 7) is 0. The average molecular weight is 307 g/mol. The van der Waals surface area contributed by atoms with E-state index in [2.05, 4.69) is 9.47 Å². The molecule has 1 aromatic rings. The van der Waals surface area contributed by atoms with Gasteiger partial charge in [0.1, 0.15) is 5.92 Å². The molecule has 2 atom stereocenters. The Balaban J connectivity index is 2.56. The number of methoxy groups -OCH3 is 2. The Bertz CT molecular complexity index is 628. The van der Waals surface area contributed by atoms with E-state index in [1.165, 1.54) is 11.9 Å². The van der Waals surface area contributed by atoms with Crippen LogP contribution in [0.25, 0.3) is 0 Å². The Kier molecular flexibility index (Phi) is 4.18. The number of hydrogen-bond donors (Lipinski definition) is 1. The number of hydrogen-bond acceptors (Lipinski definition) is 6. The number of carbonyl (C=O) groups is 3. The van der Waals surface area contributed by atoms with Gasteiger partial charge in [0, 0.05) is 12.6 Å². The molecule has 1 amide bonds. The van der Waals surface area contributed by atoms with Crippen LogP contribution in [0, 0.1) is 5.92 Å². The van der Waals surface area contributed by atoms with Crippen molar-refractivity contribution in [3.05, 3.63) is 29.8 Å². The van der Waals surface area contributed by atoms with E-state index in [4.69, 9.17) is 0 Å². The van der Waals surface area contributed by atoms with Gasteiger partial charge in [-0.05, 0) is 6.07 Å². The Morgan fingerprint density at radius 2 is 1.91 bits per heavy atom. The quantitative estimate of drug-likeness (QED) is 0.799. The lowest BCUT2D eigenvalue weighted by Crippen LogP contribution is -2.48. The van der Waals surface area contributed by atoms with Crippen LogP contribution in [0.5, 0.6) is 0 Å². The normalized spacial score (nSPS) is 21.3. The largest absolute Gasteiger partial charge is 0.469 e. The molecule has 0 aliphatic carbocycles. The fraction of sp³-hybridized carbons (Fsp3) is 0.400. The number of fused-ring (bicyclic) bond motifs is 1. The number of aliphatic hydroxyl groups is 1. The van der Waals surface area contributed by atoms with E-state index in [1.807, 2.05) is 0 Å². The topological polar surface area (TPSA) is 93.1 Å². The highest BCUT2D eigenvalue weighted by atomic mass is 16.5. The number of anilines is 1. The zero-order valence-corrected chi connectivity index (χ0v) is 12.5. The van der Waals surface area contributed by atoms with Crippen LogP contribution in [0.4, 0.5) is 5.69 Å². The fourth-order valence-electron chi connectivity index (χ4n) is 2.70. The van der Waals surface area contributed by atoms with Crippen LogP contribution in [0.2, 0.25) is 0 Å². The van der Waals surface area contributed by atoms with Crippen LogP contribution in [0.1, 0.15) is 12.0 Å². The number of amides is 1. The van der Waals surface area contributed by atoms with Gasteiger partial charge in [0.05, 0.1) is 26.3 Å². The van der Waals surface area contributed by atoms with Gasteiger partial charge in [0.15, 0.2) is 5.60 Å². The highest BCUT2D eigenvalue weighted by molar-refractivity contribution is 6.09. The predicted molar refractivity (Wildman–Crippen MR) is 75.9 cm³/mol. The highest BCUT2D eigenvalue weighted by Crippen LogP contribution is 2.45. The van der Waals surface area contributed by atoms with Gasteiger partial charge >= 0.3 is 11.9 Å². The molecule has 1 aliphatic rings. The first-order chi connectivity index (χ1) is 10.4. The number of likely N-dealkylation sites (N-methyl/N-ethyl adjacent to an activating group) is 1. The van der Waals surface area contributed by atoms with Crippen molar-refractivity contribution < 1.29 is 29.0 Å². The van der Waals surface area contributed by atoms with Gasteiger partial charge < -0.3 is 19.5 Å². The van der Waals surface area contributed by atoms with Crippen molar-refractivity contribution in [1.82, 2.24) is 0 Å². The van der Waals surface area contributed by atoms with Crippen LogP contribution in [0.15, 0.2) is 24.3 Å². The SMILES string of the molecule is COC(=O)CC(C(=O)OC)C1(O)C(=O)N(C)c2ccccc21. The Morgan fingerprint density at radius 1 is 1.27 bits per heavy atom. The van der Waals surface area contributed by atoms with E-state index in [-0.39, 0.29) is 5.56 Å². The summed E-state index contributed by atoms with van der Waals surface area (Å²) in [5, 5.41) is 11.0. The van der Waals surface area contributed by atoms with Gasteiger partial charge in [-0.3, -0.25) is 14.4 Å². The molecule has 0 saturated carbocycles. The molecule has 1 aliphatic heterocycles. The maximum atomic E-state index is 12.5. The van der Waals surface area contributed by atoms with Crippen molar-refractivity contribution in [1.29, 1.82) is 0 Å². The summed E-state index contributed by atoms with van der Waals surface area (Å²) < 4.78 is 9.20. The monoisotopic (exact) mass is 307 g/mol. The molecule has 0 spiro atoms. The lowest BCUT2D eigenvalue weighted by Gasteiger charge is -2.28. The third kappa shape index (κ3) is 2.23. The zero-order chi connectivity index (χ0) is 16.5. The minimum Gasteiger partial charge on any atom is -0.469 e. The van der Waals surface area contributed by atoms with E-state index in [1.54, 1.807) is 24.3 Å². The van der Waals surface area contributed by atoms with E-state index in [0.29, 0.717) is 5.69 Å². The van der Waals surface area contributed by atoms with Gasteiger partial charge in [-0.15, -0.1) is 0 Å². The molecule has 22 heavy (non-hydrogen) atoms. The summed E-state index contributed by atoms with van der Waals surface area (Å²) >= 11 is 0. The molecule has 1 aromatic carbocycles. The molecule has 1 N–H and O–H groups in total. The molecule has 7 heteroatoms. The smallest absolute Gasteiger partial charge is 0.313 e. The first-order valence-corrected chi connectivity index (χ1v) is 6.62. The highest BCUT2D eigenvalue weighted by Gasteiger charge is 2.57. The van der Waals surface area contributed by atoms with E-state index in [0.717, 1.165) is 14.2 Å². The van der Waals surface area contributed by atoms with Gasteiger partial charge in [0.2, 0.25) is 0 Å². The number of carbonyl (C=O) groups excluding carboxylic acids is 3. The summed E-state index contributed by atoms with van der Waals surface area (Å²) in [6, 6.07) is 6.55. The molecule has 2 unspecified atom stereocenters. The van der Waals surface area contributed by atoms with Gasteiger partial charge in [-0.25, -0.2) is 0 Å². The van der Waals surface area contributed by atoms with Crippen molar-refractivity contribution >= 4 is 23.5 Å². The third-order valence-electron chi connectivity index (χ3n) is 3.90.